The molecule has 1 aromatic carbocycles. The van der Waals surface area contributed by atoms with Crippen molar-refractivity contribution in [2.45, 2.75) is 10.4 Å². The summed E-state index contributed by atoms with van der Waals surface area (Å²) in [6.07, 6.45) is 0. The summed E-state index contributed by atoms with van der Waals surface area (Å²) in [6, 6.07) is 10.3. The number of alkyl halides is 3. The van der Waals surface area contributed by atoms with Gasteiger partial charge in [-0.1, -0.05) is 70.1 Å². The van der Waals surface area contributed by atoms with E-state index in [2.05, 4.69) is 4.98 Å². The molecule has 22 heavy (non-hydrogen) atoms. The summed E-state index contributed by atoms with van der Waals surface area (Å²) in [7, 11) is 0. The van der Waals surface area contributed by atoms with Crippen LogP contribution in [0.4, 0.5) is 0 Å². The number of hydrogen-bond acceptors (Lipinski definition) is 3. The molecule has 118 valence electrons. The predicted octanol–water partition coefficient (Wildman–Crippen LogP) is 6.07. The van der Waals surface area contributed by atoms with Gasteiger partial charge >= 0.3 is 0 Å². The molecule has 0 amide bonds. The Kier molecular flexibility index (Phi) is 6.45. The number of pyridine rings is 1. The molecule has 2 rings (SSSR count). The summed E-state index contributed by atoms with van der Waals surface area (Å²) >= 11 is 28.9. The van der Waals surface area contributed by atoms with Gasteiger partial charge in [0, 0.05) is 6.07 Å². The number of ether oxygens (including phenoxy) is 2. The average molecular weight is 402 g/mol. The summed E-state index contributed by atoms with van der Waals surface area (Å²) in [6.45, 7) is 0.141. The molecule has 8 heteroatoms. The maximum Gasteiger partial charge on any atom is 0.219 e. The Morgan fingerprint density at radius 1 is 0.955 bits per heavy atom. The Balaban J connectivity index is 2.05. The minimum Gasteiger partial charge on any atom is -0.436 e. The summed E-state index contributed by atoms with van der Waals surface area (Å²) in [4.78, 5) is 4.28. The van der Waals surface area contributed by atoms with Gasteiger partial charge in [0.05, 0.1) is 29.0 Å². The van der Waals surface area contributed by atoms with Crippen molar-refractivity contribution in [3.8, 4) is 11.6 Å². The van der Waals surface area contributed by atoms with Crippen LogP contribution in [-0.4, -0.2) is 15.4 Å². The second-order valence-electron chi connectivity index (χ2n) is 4.23. The first-order chi connectivity index (χ1) is 10.3. The predicted molar refractivity (Wildman–Crippen MR) is 90.7 cm³/mol. The summed E-state index contributed by atoms with van der Waals surface area (Å²) < 4.78 is 9.43. The van der Waals surface area contributed by atoms with Gasteiger partial charge in [0.1, 0.15) is 0 Å². The highest BCUT2D eigenvalue weighted by atomic mass is 35.6. The van der Waals surface area contributed by atoms with Crippen molar-refractivity contribution >= 4 is 58.0 Å². The monoisotopic (exact) mass is 399 g/mol. The highest BCUT2D eigenvalue weighted by molar-refractivity contribution is 6.67. The molecule has 0 bridgehead atoms. The summed E-state index contributed by atoms with van der Waals surface area (Å²) in [5, 5.41) is 0.791. The normalized spacial score (nSPS) is 11.5. The highest BCUT2D eigenvalue weighted by Crippen LogP contribution is 2.35. The van der Waals surface area contributed by atoms with Crippen molar-refractivity contribution in [1.82, 2.24) is 4.98 Å². The highest BCUT2D eigenvalue weighted by Gasteiger charge is 2.19. The average Bonchev–Trinajstić information content (AvgIpc) is 2.42. The van der Waals surface area contributed by atoms with Crippen LogP contribution < -0.4 is 4.74 Å². The van der Waals surface area contributed by atoms with Crippen molar-refractivity contribution in [2.24, 2.45) is 0 Å². The molecule has 0 aliphatic carbocycles. The molecular formula is C14H10Cl5NO2. The lowest BCUT2D eigenvalue weighted by molar-refractivity contribution is 0.123. The Bertz CT molecular complexity index is 625. The lowest BCUT2D eigenvalue weighted by Gasteiger charge is -2.12. The number of para-hydroxylation sites is 1. The van der Waals surface area contributed by atoms with Crippen LogP contribution in [0, 0.1) is 0 Å². The summed E-state index contributed by atoms with van der Waals surface area (Å²) in [5.74, 6) is 0.683. The van der Waals surface area contributed by atoms with Crippen LogP contribution in [0.2, 0.25) is 10.0 Å². The van der Waals surface area contributed by atoms with Crippen LogP contribution in [0.15, 0.2) is 36.4 Å². The topological polar surface area (TPSA) is 31.4 Å². The van der Waals surface area contributed by atoms with E-state index < -0.39 is 3.79 Å². The van der Waals surface area contributed by atoms with E-state index in [4.69, 9.17) is 67.5 Å². The molecule has 1 heterocycles. The maximum atomic E-state index is 6.05. The van der Waals surface area contributed by atoms with Crippen molar-refractivity contribution in [3.63, 3.8) is 0 Å². The van der Waals surface area contributed by atoms with Gasteiger partial charge in [-0.15, -0.1) is 0 Å². The fourth-order valence-electron chi connectivity index (χ4n) is 1.55. The number of hydrogen-bond donors (Lipinski definition) is 0. The number of rotatable bonds is 5. The lowest BCUT2D eigenvalue weighted by atomic mass is 10.3. The molecule has 0 atom stereocenters. The van der Waals surface area contributed by atoms with E-state index in [1.54, 1.807) is 36.4 Å². The van der Waals surface area contributed by atoms with Gasteiger partial charge in [0.15, 0.2) is 5.75 Å². The zero-order valence-electron chi connectivity index (χ0n) is 11.0. The molecule has 0 radical (unpaired) electrons. The van der Waals surface area contributed by atoms with Gasteiger partial charge in [-0.05, 0) is 18.2 Å². The van der Waals surface area contributed by atoms with Crippen molar-refractivity contribution in [2.75, 3.05) is 6.61 Å². The number of benzene rings is 1. The molecule has 0 N–H and O–H groups in total. The second kappa shape index (κ2) is 7.91. The van der Waals surface area contributed by atoms with Crippen LogP contribution in [0.25, 0.3) is 0 Å². The third-order valence-corrected chi connectivity index (χ3v) is 3.35. The molecule has 0 unspecified atom stereocenters. The first kappa shape index (κ1) is 17.9. The lowest BCUT2D eigenvalue weighted by Crippen LogP contribution is -2.13. The standard InChI is InChI=1S/C14H10Cl5NO2/c15-10-4-2-5-11(16)13(10)22-12-6-1-3-9(20-12)7-21-8-14(17,18)19/h1-6H,7-8H2. The van der Waals surface area contributed by atoms with Crippen molar-refractivity contribution < 1.29 is 9.47 Å². The molecule has 0 saturated carbocycles. The third-order valence-electron chi connectivity index (χ3n) is 2.42. The van der Waals surface area contributed by atoms with Crippen LogP contribution >= 0.6 is 58.0 Å². The zero-order chi connectivity index (χ0) is 16.2. The molecular weight excluding hydrogens is 391 g/mol. The van der Waals surface area contributed by atoms with Gasteiger partial charge in [0.2, 0.25) is 9.67 Å². The molecule has 2 aromatic rings. The first-order valence-electron chi connectivity index (χ1n) is 6.07. The van der Waals surface area contributed by atoms with Gasteiger partial charge in [-0.3, -0.25) is 0 Å². The SMILES string of the molecule is Clc1cccc(Cl)c1Oc1cccc(COCC(Cl)(Cl)Cl)n1. The van der Waals surface area contributed by atoms with Crippen LogP contribution in [0.3, 0.4) is 0 Å². The largest absolute Gasteiger partial charge is 0.436 e. The van der Waals surface area contributed by atoms with E-state index in [0.29, 0.717) is 27.4 Å². The van der Waals surface area contributed by atoms with E-state index in [1.165, 1.54) is 0 Å². The van der Waals surface area contributed by atoms with Crippen molar-refractivity contribution in [1.29, 1.82) is 0 Å². The van der Waals surface area contributed by atoms with E-state index >= 15 is 0 Å². The third kappa shape index (κ3) is 5.65. The van der Waals surface area contributed by atoms with Gasteiger partial charge in [-0.2, -0.15) is 0 Å². The molecule has 0 spiro atoms. The Morgan fingerprint density at radius 2 is 1.59 bits per heavy atom. The number of nitrogens with zero attached hydrogens (tertiary/aromatic N) is 1. The van der Waals surface area contributed by atoms with Gasteiger partial charge in [-0.25, -0.2) is 4.98 Å². The summed E-state index contributed by atoms with van der Waals surface area (Å²) in [5.41, 5.74) is 0.620. The molecule has 3 nitrogen and oxygen atoms in total. The number of halogens is 5. The van der Waals surface area contributed by atoms with E-state index in [0.717, 1.165) is 0 Å². The minimum atomic E-state index is -1.46. The molecule has 1 aromatic heterocycles. The second-order valence-corrected chi connectivity index (χ2v) is 7.56. The fraction of sp³-hybridized carbons (Fsp3) is 0.214. The van der Waals surface area contributed by atoms with E-state index in [-0.39, 0.29) is 13.2 Å². The van der Waals surface area contributed by atoms with Crippen LogP contribution in [-0.2, 0) is 11.3 Å². The maximum absolute atomic E-state index is 6.05. The Morgan fingerprint density at radius 3 is 2.23 bits per heavy atom. The van der Waals surface area contributed by atoms with Crippen molar-refractivity contribution in [3.05, 3.63) is 52.1 Å². The van der Waals surface area contributed by atoms with Gasteiger partial charge in [0.25, 0.3) is 0 Å². The van der Waals surface area contributed by atoms with Gasteiger partial charge < -0.3 is 9.47 Å². The zero-order valence-corrected chi connectivity index (χ0v) is 14.8. The molecule has 0 fully saturated rings. The minimum absolute atomic E-state index is 0.0409. The molecule has 0 aliphatic rings. The first-order valence-corrected chi connectivity index (χ1v) is 7.96. The fourth-order valence-corrected chi connectivity index (χ4v) is 2.26. The van der Waals surface area contributed by atoms with Crippen LogP contribution in [0.1, 0.15) is 5.69 Å². The number of aromatic nitrogens is 1. The Labute approximate surface area is 153 Å². The Hall–Kier alpha value is -0.420. The van der Waals surface area contributed by atoms with E-state index in [1.807, 2.05) is 0 Å². The smallest absolute Gasteiger partial charge is 0.219 e. The quantitative estimate of drug-likeness (QED) is 0.570. The molecule has 0 aliphatic heterocycles. The van der Waals surface area contributed by atoms with Crippen LogP contribution in [0.5, 0.6) is 11.6 Å². The van der Waals surface area contributed by atoms with E-state index in [9.17, 15) is 0 Å². The molecule has 0 saturated heterocycles.